The Morgan fingerprint density at radius 2 is 2.16 bits per heavy atom. The Kier molecular flexibility index (Phi) is 5.23. The van der Waals surface area contributed by atoms with Crippen molar-refractivity contribution in [2.45, 2.75) is 33.2 Å². The van der Waals surface area contributed by atoms with Crippen LogP contribution >= 0.6 is 0 Å². The number of amides is 2. The summed E-state index contributed by atoms with van der Waals surface area (Å²) in [6, 6.07) is 1.77. The molecule has 0 aliphatic carbocycles. The SMILES string of the molecule is CC(C)(C)CC(CO)NC(=O)Nc1ccc(F)cn1. The highest BCUT2D eigenvalue weighted by Gasteiger charge is 2.19. The van der Waals surface area contributed by atoms with Crippen LogP contribution in [0.1, 0.15) is 27.2 Å². The molecule has 0 radical (unpaired) electrons. The highest BCUT2D eigenvalue weighted by molar-refractivity contribution is 5.88. The van der Waals surface area contributed by atoms with Crippen molar-refractivity contribution < 1.29 is 14.3 Å². The van der Waals surface area contributed by atoms with Crippen molar-refractivity contribution >= 4 is 11.8 Å². The summed E-state index contributed by atoms with van der Waals surface area (Å²) in [7, 11) is 0. The Morgan fingerprint density at radius 1 is 1.47 bits per heavy atom. The van der Waals surface area contributed by atoms with Gasteiger partial charge in [-0.3, -0.25) is 5.32 Å². The number of halogens is 1. The number of nitrogens with one attached hydrogen (secondary N) is 2. The van der Waals surface area contributed by atoms with Crippen LogP contribution in [0.5, 0.6) is 0 Å². The van der Waals surface area contributed by atoms with Gasteiger partial charge in [0.25, 0.3) is 0 Å². The van der Waals surface area contributed by atoms with E-state index < -0.39 is 11.8 Å². The minimum Gasteiger partial charge on any atom is -0.394 e. The lowest BCUT2D eigenvalue weighted by atomic mass is 9.88. The minimum atomic E-state index is -0.470. The van der Waals surface area contributed by atoms with Crippen LogP contribution in [0.4, 0.5) is 15.0 Å². The predicted molar refractivity (Wildman–Crippen MR) is 71.3 cm³/mol. The van der Waals surface area contributed by atoms with Gasteiger partial charge in [-0.05, 0) is 24.0 Å². The molecule has 5 nitrogen and oxygen atoms in total. The monoisotopic (exact) mass is 269 g/mol. The molecule has 2 amide bonds. The summed E-state index contributed by atoms with van der Waals surface area (Å²) >= 11 is 0. The van der Waals surface area contributed by atoms with Gasteiger partial charge in [0.05, 0.1) is 18.8 Å². The van der Waals surface area contributed by atoms with Gasteiger partial charge in [-0.15, -0.1) is 0 Å². The van der Waals surface area contributed by atoms with E-state index in [0.717, 1.165) is 6.20 Å². The van der Waals surface area contributed by atoms with Crippen molar-refractivity contribution in [1.82, 2.24) is 10.3 Å². The van der Waals surface area contributed by atoms with Gasteiger partial charge >= 0.3 is 6.03 Å². The number of urea groups is 1. The number of aliphatic hydroxyl groups excluding tert-OH is 1. The zero-order chi connectivity index (χ0) is 14.5. The molecule has 0 aliphatic rings. The maximum Gasteiger partial charge on any atom is 0.320 e. The molecule has 0 aliphatic heterocycles. The second-order valence-electron chi connectivity index (χ2n) is 5.60. The average molecular weight is 269 g/mol. The Morgan fingerprint density at radius 3 is 2.63 bits per heavy atom. The third kappa shape index (κ3) is 6.15. The molecule has 6 heteroatoms. The van der Waals surface area contributed by atoms with E-state index in [1.54, 1.807) is 0 Å². The molecule has 0 fully saturated rings. The molecule has 0 aromatic carbocycles. The summed E-state index contributed by atoms with van der Waals surface area (Å²) in [5, 5.41) is 14.4. The predicted octanol–water partition coefficient (Wildman–Crippen LogP) is 2.14. The first kappa shape index (κ1) is 15.4. The largest absolute Gasteiger partial charge is 0.394 e. The van der Waals surface area contributed by atoms with Gasteiger partial charge in [0.2, 0.25) is 0 Å². The van der Waals surface area contributed by atoms with E-state index in [9.17, 15) is 14.3 Å². The lowest BCUT2D eigenvalue weighted by molar-refractivity contribution is 0.196. The standard InChI is InChI=1S/C13H20FN3O2/c1-13(2,3)6-10(8-18)16-12(19)17-11-5-4-9(14)7-15-11/h4-5,7,10,18H,6,8H2,1-3H3,(H2,15,16,17,19). The minimum absolute atomic E-state index is 0.00516. The maximum atomic E-state index is 12.7. The molecule has 0 spiro atoms. The number of hydrogen-bond donors (Lipinski definition) is 3. The highest BCUT2D eigenvalue weighted by atomic mass is 19.1. The normalized spacial score (nSPS) is 12.9. The number of carbonyl (C=O) groups is 1. The zero-order valence-corrected chi connectivity index (χ0v) is 11.4. The van der Waals surface area contributed by atoms with E-state index in [-0.39, 0.29) is 23.9 Å². The molecule has 1 heterocycles. The van der Waals surface area contributed by atoms with E-state index in [1.807, 2.05) is 20.8 Å². The molecule has 19 heavy (non-hydrogen) atoms. The molecule has 1 aromatic heterocycles. The molecular formula is C13H20FN3O2. The molecule has 0 saturated heterocycles. The number of rotatable bonds is 4. The zero-order valence-electron chi connectivity index (χ0n) is 11.4. The van der Waals surface area contributed by atoms with E-state index in [2.05, 4.69) is 15.6 Å². The Hall–Kier alpha value is -1.69. The summed E-state index contributed by atoms with van der Waals surface area (Å²) < 4.78 is 12.7. The van der Waals surface area contributed by atoms with Crippen LogP contribution < -0.4 is 10.6 Å². The molecule has 1 atom stereocenters. The molecule has 1 aromatic rings. The van der Waals surface area contributed by atoms with Crippen molar-refractivity contribution in [3.05, 3.63) is 24.1 Å². The lowest BCUT2D eigenvalue weighted by Crippen LogP contribution is -2.42. The maximum absolute atomic E-state index is 12.7. The van der Waals surface area contributed by atoms with Crippen molar-refractivity contribution in [2.24, 2.45) is 5.41 Å². The van der Waals surface area contributed by atoms with Crippen LogP contribution in [0.25, 0.3) is 0 Å². The number of hydrogen-bond acceptors (Lipinski definition) is 3. The summed E-state index contributed by atoms with van der Waals surface area (Å²) in [5.74, 6) is -0.210. The fourth-order valence-electron chi connectivity index (χ4n) is 1.69. The van der Waals surface area contributed by atoms with Gasteiger partial charge in [-0.2, -0.15) is 0 Å². The molecule has 106 valence electrons. The first-order valence-corrected chi connectivity index (χ1v) is 6.10. The highest BCUT2D eigenvalue weighted by Crippen LogP contribution is 2.20. The number of anilines is 1. The average Bonchev–Trinajstić information content (AvgIpc) is 2.29. The van der Waals surface area contributed by atoms with Crippen LogP contribution in [0.2, 0.25) is 0 Å². The van der Waals surface area contributed by atoms with Gasteiger partial charge in [0.1, 0.15) is 11.6 Å². The summed E-state index contributed by atoms with van der Waals surface area (Å²) in [4.78, 5) is 15.4. The van der Waals surface area contributed by atoms with Crippen LogP contribution in [0.3, 0.4) is 0 Å². The van der Waals surface area contributed by atoms with Gasteiger partial charge < -0.3 is 10.4 Å². The van der Waals surface area contributed by atoms with Crippen LogP contribution in [0, 0.1) is 11.2 Å². The smallest absolute Gasteiger partial charge is 0.320 e. The lowest BCUT2D eigenvalue weighted by Gasteiger charge is -2.25. The van der Waals surface area contributed by atoms with Gasteiger partial charge in [-0.25, -0.2) is 14.2 Å². The van der Waals surface area contributed by atoms with Crippen LogP contribution in [0.15, 0.2) is 18.3 Å². The van der Waals surface area contributed by atoms with Gasteiger partial charge in [0, 0.05) is 0 Å². The molecule has 0 saturated carbocycles. The summed E-state index contributed by atoms with van der Waals surface area (Å²) in [6.45, 7) is 5.94. The third-order valence-corrected chi connectivity index (χ3v) is 2.38. The second-order valence-corrected chi connectivity index (χ2v) is 5.60. The summed E-state index contributed by atoms with van der Waals surface area (Å²) in [5.41, 5.74) is -0.00516. The Labute approximate surface area is 112 Å². The van der Waals surface area contributed by atoms with Crippen LogP contribution in [-0.4, -0.2) is 28.8 Å². The van der Waals surface area contributed by atoms with E-state index in [4.69, 9.17) is 0 Å². The molecule has 1 rings (SSSR count). The van der Waals surface area contributed by atoms with Crippen molar-refractivity contribution in [2.75, 3.05) is 11.9 Å². The van der Waals surface area contributed by atoms with Crippen LogP contribution in [-0.2, 0) is 0 Å². The quantitative estimate of drug-likeness (QED) is 0.784. The fraction of sp³-hybridized carbons (Fsp3) is 0.538. The Bertz CT molecular complexity index is 415. The third-order valence-electron chi connectivity index (χ3n) is 2.38. The number of nitrogens with zero attached hydrogens (tertiary/aromatic N) is 1. The molecule has 1 unspecified atom stereocenters. The fourth-order valence-corrected chi connectivity index (χ4v) is 1.69. The number of carbonyl (C=O) groups excluding carboxylic acids is 1. The first-order valence-electron chi connectivity index (χ1n) is 6.10. The molecule has 0 bridgehead atoms. The van der Waals surface area contributed by atoms with E-state index in [1.165, 1.54) is 12.1 Å². The number of aromatic nitrogens is 1. The summed E-state index contributed by atoms with van der Waals surface area (Å²) in [6.07, 6.45) is 1.67. The second kappa shape index (κ2) is 6.47. The van der Waals surface area contributed by atoms with E-state index in [0.29, 0.717) is 6.42 Å². The van der Waals surface area contributed by atoms with Gasteiger partial charge in [0.15, 0.2) is 0 Å². The van der Waals surface area contributed by atoms with E-state index >= 15 is 0 Å². The van der Waals surface area contributed by atoms with Crippen molar-refractivity contribution in [1.29, 1.82) is 0 Å². The Balaban J connectivity index is 2.51. The first-order chi connectivity index (χ1) is 8.80. The molecular weight excluding hydrogens is 249 g/mol. The van der Waals surface area contributed by atoms with Crippen molar-refractivity contribution in [3.63, 3.8) is 0 Å². The molecule has 3 N–H and O–H groups in total. The van der Waals surface area contributed by atoms with Crippen molar-refractivity contribution in [3.8, 4) is 0 Å². The topological polar surface area (TPSA) is 74.2 Å². The van der Waals surface area contributed by atoms with Gasteiger partial charge in [-0.1, -0.05) is 20.8 Å². The number of pyridine rings is 1. The number of aliphatic hydroxyl groups is 1.